The molecule has 28 heavy (non-hydrogen) atoms. The Morgan fingerprint density at radius 2 is 1.82 bits per heavy atom. The summed E-state index contributed by atoms with van der Waals surface area (Å²) in [7, 11) is 1.90. The van der Waals surface area contributed by atoms with E-state index in [2.05, 4.69) is 10.3 Å². The average molecular weight is 392 g/mol. The lowest BCUT2D eigenvalue weighted by Crippen LogP contribution is -2.30. The number of amides is 1. The number of imidazole rings is 1. The molecule has 140 valence electrons. The monoisotopic (exact) mass is 391 g/mol. The molecule has 2 heterocycles. The quantitative estimate of drug-likeness (QED) is 0.529. The van der Waals surface area contributed by atoms with Crippen molar-refractivity contribution in [2.75, 3.05) is 0 Å². The molecule has 2 aromatic carbocycles. The molecule has 0 aliphatic carbocycles. The van der Waals surface area contributed by atoms with Crippen molar-refractivity contribution in [3.05, 3.63) is 101 Å². The first-order valence-corrected chi connectivity index (χ1v) is 9.18. The maximum absolute atomic E-state index is 12.9. The second-order valence-electron chi connectivity index (χ2n) is 6.38. The van der Waals surface area contributed by atoms with Crippen molar-refractivity contribution in [3.63, 3.8) is 0 Å². The van der Waals surface area contributed by atoms with Gasteiger partial charge in [0.15, 0.2) is 5.76 Å². The minimum Gasteiger partial charge on any atom is -0.451 e. The van der Waals surface area contributed by atoms with Crippen LogP contribution in [-0.2, 0) is 7.05 Å². The van der Waals surface area contributed by atoms with Crippen LogP contribution in [-0.4, -0.2) is 15.5 Å². The Hall–Kier alpha value is -3.31. The van der Waals surface area contributed by atoms with Gasteiger partial charge in [-0.3, -0.25) is 4.79 Å². The van der Waals surface area contributed by atoms with Crippen LogP contribution in [0.5, 0.6) is 0 Å². The minimum atomic E-state index is -0.391. The fourth-order valence-corrected chi connectivity index (χ4v) is 3.16. The van der Waals surface area contributed by atoms with Gasteiger partial charge in [-0.05, 0) is 42.0 Å². The van der Waals surface area contributed by atoms with Crippen LogP contribution >= 0.6 is 11.6 Å². The van der Waals surface area contributed by atoms with Crippen molar-refractivity contribution in [2.45, 2.75) is 6.04 Å². The molecule has 0 fully saturated rings. The lowest BCUT2D eigenvalue weighted by Gasteiger charge is -2.18. The number of aromatic nitrogens is 2. The van der Waals surface area contributed by atoms with Crippen molar-refractivity contribution in [1.82, 2.24) is 14.9 Å². The summed E-state index contributed by atoms with van der Waals surface area (Å²) in [6.07, 6.45) is 3.56. The number of aryl methyl sites for hydroxylation is 1. The normalized spacial score (nSPS) is 11.9. The number of hydrogen-bond acceptors (Lipinski definition) is 3. The Labute approximate surface area is 167 Å². The topological polar surface area (TPSA) is 60.1 Å². The molecular formula is C22H18ClN3O2. The van der Waals surface area contributed by atoms with Gasteiger partial charge in [0.05, 0.1) is 0 Å². The molecule has 0 bridgehead atoms. The summed E-state index contributed by atoms with van der Waals surface area (Å²) in [5, 5.41) is 3.68. The van der Waals surface area contributed by atoms with Crippen LogP contribution in [0.3, 0.4) is 0 Å². The third-order valence-corrected chi connectivity index (χ3v) is 4.74. The molecule has 1 unspecified atom stereocenters. The first kappa shape index (κ1) is 18.1. The molecule has 1 N–H and O–H groups in total. The molecule has 1 amide bonds. The van der Waals surface area contributed by atoms with E-state index in [9.17, 15) is 4.79 Å². The second kappa shape index (κ2) is 7.74. The van der Waals surface area contributed by atoms with Gasteiger partial charge in [0.25, 0.3) is 5.91 Å². The van der Waals surface area contributed by atoms with E-state index in [1.165, 1.54) is 0 Å². The van der Waals surface area contributed by atoms with E-state index in [0.29, 0.717) is 10.8 Å². The summed E-state index contributed by atoms with van der Waals surface area (Å²) in [5.41, 5.74) is 1.79. The number of nitrogens with one attached hydrogen (secondary N) is 1. The number of rotatable bonds is 5. The van der Waals surface area contributed by atoms with Gasteiger partial charge in [-0.15, -0.1) is 0 Å². The number of hydrogen-bond donors (Lipinski definition) is 1. The van der Waals surface area contributed by atoms with E-state index in [4.69, 9.17) is 16.0 Å². The molecule has 6 heteroatoms. The van der Waals surface area contributed by atoms with Crippen LogP contribution in [0.1, 0.15) is 28.0 Å². The summed E-state index contributed by atoms with van der Waals surface area (Å²) < 4.78 is 7.66. The highest BCUT2D eigenvalue weighted by Gasteiger charge is 2.23. The van der Waals surface area contributed by atoms with E-state index in [-0.39, 0.29) is 11.7 Å². The van der Waals surface area contributed by atoms with Crippen molar-refractivity contribution >= 4 is 17.5 Å². The standard InChI is InChI=1S/C22H18ClN3O2/c1-26-14-13-24-21(26)20(16-5-3-2-4-6-16)25-22(27)19-12-11-18(28-19)15-7-9-17(23)10-8-15/h2-14,20H,1H3,(H,25,27). The van der Waals surface area contributed by atoms with Gasteiger partial charge in [0.1, 0.15) is 17.6 Å². The Balaban J connectivity index is 1.60. The summed E-state index contributed by atoms with van der Waals surface area (Å²) in [4.78, 5) is 17.3. The molecule has 1 atom stereocenters. The van der Waals surface area contributed by atoms with Gasteiger partial charge in [-0.1, -0.05) is 41.9 Å². The van der Waals surface area contributed by atoms with E-state index in [1.807, 2.05) is 60.3 Å². The molecule has 0 saturated carbocycles. The number of carbonyl (C=O) groups is 1. The van der Waals surface area contributed by atoms with Crippen LogP contribution in [0.2, 0.25) is 5.02 Å². The summed E-state index contributed by atoms with van der Waals surface area (Å²) >= 11 is 5.93. The molecule has 0 aliphatic heterocycles. The van der Waals surface area contributed by atoms with Crippen LogP contribution in [0.25, 0.3) is 11.3 Å². The number of nitrogens with zero attached hydrogens (tertiary/aromatic N) is 2. The lowest BCUT2D eigenvalue weighted by atomic mass is 10.1. The summed E-state index contributed by atoms with van der Waals surface area (Å²) in [6.45, 7) is 0. The highest BCUT2D eigenvalue weighted by atomic mass is 35.5. The molecule has 4 rings (SSSR count). The number of furan rings is 1. The number of benzene rings is 2. The van der Waals surface area contributed by atoms with Gasteiger partial charge in [0.2, 0.25) is 0 Å². The second-order valence-corrected chi connectivity index (χ2v) is 6.82. The molecule has 0 radical (unpaired) electrons. The minimum absolute atomic E-state index is 0.236. The van der Waals surface area contributed by atoms with Gasteiger partial charge in [-0.25, -0.2) is 4.98 Å². The zero-order valence-corrected chi connectivity index (χ0v) is 15.9. The van der Waals surface area contributed by atoms with Gasteiger partial charge in [-0.2, -0.15) is 0 Å². The Morgan fingerprint density at radius 3 is 2.50 bits per heavy atom. The molecule has 2 aromatic heterocycles. The van der Waals surface area contributed by atoms with E-state index < -0.39 is 6.04 Å². The third-order valence-electron chi connectivity index (χ3n) is 4.48. The van der Waals surface area contributed by atoms with Crippen molar-refractivity contribution in [3.8, 4) is 11.3 Å². The summed E-state index contributed by atoms with van der Waals surface area (Å²) in [5.74, 6) is 1.27. The summed E-state index contributed by atoms with van der Waals surface area (Å²) in [6, 6.07) is 20.0. The molecule has 0 aliphatic rings. The van der Waals surface area contributed by atoms with Crippen LogP contribution in [0, 0.1) is 0 Å². The molecule has 4 aromatic rings. The van der Waals surface area contributed by atoms with Crippen LogP contribution in [0.15, 0.2) is 83.5 Å². The zero-order valence-electron chi connectivity index (χ0n) is 15.2. The smallest absolute Gasteiger partial charge is 0.287 e. The number of carbonyl (C=O) groups excluding carboxylic acids is 1. The molecular weight excluding hydrogens is 374 g/mol. The predicted octanol–water partition coefficient (Wildman–Crippen LogP) is 4.85. The maximum Gasteiger partial charge on any atom is 0.287 e. The zero-order chi connectivity index (χ0) is 19.5. The first-order chi connectivity index (χ1) is 13.6. The van der Waals surface area contributed by atoms with Gasteiger partial charge < -0.3 is 14.3 Å². The Morgan fingerprint density at radius 1 is 1.07 bits per heavy atom. The Kier molecular flexibility index (Phi) is 5.00. The van der Waals surface area contributed by atoms with Crippen LogP contribution < -0.4 is 5.32 Å². The van der Waals surface area contributed by atoms with Gasteiger partial charge in [0, 0.05) is 30.0 Å². The average Bonchev–Trinajstić information content (AvgIpc) is 3.37. The maximum atomic E-state index is 12.9. The van der Waals surface area contributed by atoms with Crippen molar-refractivity contribution in [1.29, 1.82) is 0 Å². The highest BCUT2D eigenvalue weighted by molar-refractivity contribution is 6.30. The van der Waals surface area contributed by atoms with Gasteiger partial charge >= 0.3 is 0 Å². The molecule has 0 spiro atoms. The SMILES string of the molecule is Cn1ccnc1C(NC(=O)c1ccc(-c2ccc(Cl)cc2)o1)c1ccccc1. The fourth-order valence-electron chi connectivity index (χ4n) is 3.03. The molecule has 5 nitrogen and oxygen atoms in total. The fraction of sp³-hybridized carbons (Fsp3) is 0.0909. The molecule has 0 saturated heterocycles. The van der Waals surface area contributed by atoms with E-state index >= 15 is 0 Å². The van der Waals surface area contributed by atoms with Crippen LogP contribution in [0.4, 0.5) is 0 Å². The van der Waals surface area contributed by atoms with Crippen molar-refractivity contribution < 1.29 is 9.21 Å². The third kappa shape index (κ3) is 3.70. The Bertz CT molecular complexity index is 1080. The predicted molar refractivity (Wildman–Crippen MR) is 108 cm³/mol. The van der Waals surface area contributed by atoms with E-state index in [0.717, 1.165) is 17.0 Å². The number of halogens is 1. The first-order valence-electron chi connectivity index (χ1n) is 8.80. The van der Waals surface area contributed by atoms with Crippen molar-refractivity contribution in [2.24, 2.45) is 7.05 Å². The van der Waals surface area contributed by atoms with E-state index in [1.54, 1.807) is 30.5 Å². The largest absolute Gasteiger partial charge is 0.451 e. The highest BCUT2D eigenvalue weighted by Crippen LogP contribution is 2.25. The lowest BCUT2D eigenvalue weighted by molar-refractivity contribution is 0.0914.